The van der Waals surface area contributed by atoms with Crippen LogP contribution in [-0.2, 0) is 28.9 Å². The van der Waals surface area contributed by atoms with Gasteiger partial charge in [0.15, 0.2) is 0 Å². The molecule has 0 amide bonds. The maximum absolute atomic E-state index is 13.2. The van der Waals surface area contributed by atoms with Crippen molar-refractivity contribution < 1.29 is 35.4 Å². The molecule has 0 saturated heterocycles. The van der Waals surface area contributed by atoms with E-state index in [0.717, 1.165) is 23.9 Å². The zero-order valence-electron chi connectivity index (χ0n) is 16.9. The van der Waals surface area contributed by atoms with Crippen LogP contribution in [-0.4, -0.2) is 47.9 Å². The molecule has 0 radical (unpaired) electrons. The fraction of sp³-hybridized carbons (Fsp3) is 0.333. The SMILES string of the molecule is CCS(=O)c1cc(/C=N/OCC(F)(F)F)cnc1-c1cn2c(=O)n(C)c(C(F)(F)F)cc2n1. The Morgan fingerprint density at radius 2 is 1.91 bits per heavy atom. The van der Waals surface area contributed by atoms with Crippen molar-refractivity contribution in [1.29, 1.82) is 0 Å². The lowest BCUT2D eigenvalue weighted by Gasteiger charge is -2.11. The Morgan fingerprint density at radius 3 is 2.52 bits per heavy atom. The molecule has 15 heteroatoms. The molecule has 3 aromatic heterocycles. The van der Waals surface area contributed by atoms with Gasteiger partial charge in [0.05, 0.1) is 21.9 Å². The van der Waals surface area contributed by atoms with Crippen molar-refractivity contribution >= 4 is 22.7 Å². The van der Waals surface area contributed by atoms with E-state index in [1.165, 1.54) is 12.3 Å². The molecule has 0 bridgehead atoms. The number of hydrogen-bond acceptors (Lipinski definition) is 6. The monoisotopic (exact) mass is 495 g/mol. The first-order chi connectivity index (χ1) is 15.3. The quantitative estimate of drug-likeness (QED) is 0.298. The molecule has 0 saturated carbocycles. The second kappa shape index (κ2) is 8.96. The van der Waals surface area contributed by atoms with Crippen LogP contribution in [0, 0.1) is 0 Å². The van der Waals surface area contributed by atoms with Crippen LogP contribution >= 0.6 is 0 Å². The van der Waals surface area contributed by atoms with Gasteiger partial charge >= 0.3 is 18.0 Å². The topological polar surface area (TPSA) is 90.9 Å². The summed E-state index contributed by atoms with van der Waals surface area (Å²) in [5, 5.41) is 3.19. The lowest BCUT2D eigenvalue weighted by Crippen LogP contribution is -2.29. The standard InChI is InChI=1S/C18H15F6N5O3S/c1-3-33(31)12-4-10(7-26-32-9-17(19,20)21)6-25-15(12)11-8-29-14(27-11)5-13(18(22,23)24)28(2)16(29)30/h4-8H,3,9H2,1-2H3/b26-7+. The first-order valence-electron chi connectivity index (χ1n) is 9.09. The van der Waals surface area contributed by atoms with Gasteiger partial charge in [-0.05, 0) is 6.07 Å². The summed E-state index contributed by atoms with van der Waals surface area (Å²) in [5.41, 5.74) is -2.31. The lowest BCUT2D eigenvalue weighted by molar-refractivity contribution is -0.173. The lowest BCUT2D eigenvalue weighted by atomic mass is 10.2. The summed E-state index contributed by atoms with van der Waals surface area (Å²) in [4.78, 5) is 24.8. The van der Waals surface area contributed by atoms with Gasteiger partial charge in [-0.25, -0.2) is 9.78 Å². The van der Waals surface area contributed by atoms with Crippen molar-refractivity contribution in [2.24, 2.45) is 12.2 Å². The zero-order valence-corrected chi connectivity index (χ0v) is 17.8. The molecular formula is C18H15F6N5O3S. The highest BCUT2D eigenvalue weighted by Gasteiger charge is 2.35. The molecule has 3 rings (SSSR count). The summed E-state index contributed by atoms with van der Waals surface area (Å²) >= 11 is 0. The number of hydrogen-bond donors (Lipinski definition) is 0. The molecule has 0 aromatic carbocycles. The Balaban J connectivity index is 2.06. The fourth-order valence-electron chi connectivity index (χ4n) is 2.78. The van der Waals surface area contributed by atoms with Crippen molar-refractivity contribution in [1.82, 2.24) is 18.9 Å². The van der Waals surface area contributed by atoms with Crippen LogP contribution in [0.5, 0.6) is 0 Å². The van der Waals surface area contributed by atoms with Gasteiger partial charge in [-0.2, -0.15) is 26.3 Å². The normalized spacial score (nSPS) is 13.7. The van der Waals surface area contributed by atoms with Gasteiger partial charge in [-0.15, -0.1) is 0 Å². The minimum Gasteiger partial charge on any atom is -0.386 e. The van der Waals surface area contributed by atoms with Crippen LogP contribution in [0.25, 0.3) is 17.0 Å². The van der Waals surface area contributed by atoms with Crippen LogP contribution in [0.15, 0.2) is 39.4 Å². The predicted octanol–water partition coefficient (Wildman–Crippen LogP) is 3.15. The summed E-state index contributed by atoms with van der Waals surface area (Å²) in [5.74, 6) is 0.132. The molecule has 0 fully saturated rings. The van der Waals surface area contributed by atoms with E-state index in [-0.39, 0.29) is 33.2 Å². The Morgan fingerprint density at radius 1 is 1.21 bits per heavy atom. The number of fused-ring (bicyclic) bond motifs is 1. The number of imidazole rings is 1. The van der Waals surface area contributed by atoms with Gasteiger partial charge in [-0.3, -0.25) is 18.2 Å². The third-order valence-corrected chi connectivity index (χ3v) is 5.60. The maximum Gasteiger partial charge on any atom is 0.431 e. The molecular weight excluding hydrogens is 480 g/mol. The summed E-state index contributed by atoms with van der Waals surface area (Å²) in [6.45, 7) is 0.000994. The Bertz CT molecular complexity index is 1300. The van der Waals surface area contributed by atoms with Crippen LogP contribution in [0.3, 0.4) is 0 Å². The van der Waals surface area contributed by atoms with E-state index in [1.54, 1.807) is 6.92 Å². The molecule has 0 aliphatic rings. The minimum absolute atomic E-state index is 0.0139. The van der Waals surface area contributed by atoms with Crippen LogP contribution in [0.4, 0.5) is 26.3 Å². The molecule has 0 N–H and O–H groups in total. The number of aromatic nitrogens is 4. The summed E-state index contributed by atoms with van der Waals surface area (Å²) < 4.78 is 89.8. The van der Waals surface area contributed by atoms with Gasteiger partial charge < -0.3 is 4.84 Å². The third-order valence-electron chi connectivity index (χ3n) is 4.27. The van der Waals surface area contributed by atoms with E-state index in [0.29, 0.717) is 10.6 Å². The molecule has 3 aromatic rings. The highest BCUT2D eigenvalue weighted by molar-refractivity contribution is 7.85. The molecule has 3 heterocycles. The molecule has 1 atom stereocenters. The number of halogens is 6. The zero-order chi connectivity index (χ0) is 24.6. The second-order valence-electron chi connectivity index (χ2n) is 6.60. The van der Waals surface area contributed by atoms with Crippen molar-refractivity contribution in [3.8, 4) is 11.4 Å². The van der Waals surface area contributed by atoms with Gasteiger partial charge in [0.25, 0.3) is 0 Å². The van der Waals surface area contributed by atoms with Crippen LogP contribution in [0.1, 0.15) is 18.2 Å². The Labute approximate surface area is 184 Å². The van der Waals surface area contributed by atoms with Crippen molar-refractivity contribution in [3.05, 3.63) is 46.3 Å². The molecule has 8 nitrogen and oxygen atoms in total. The van der Waals surface area contributed by atoms with E-state index >= 15 is 0 Å². The van der Waals surface area contributed by atoms with Gasteiger partial charge in [-0.1, -0.05) is 12.1 Å². The average Bonchev–Trinajstić information content (AvgIpc) is 3.16. The third kappa shape index (κ3) is 5.40. The van der Waals surface area contributed by atoms with Crippen LogP contribution in [0.2, 0.25) is 0 Å². The van der Waals surface area contributed by atoms with E-state index in [9.17, 15) is 35.3 Å². The fourth-order valence-corrected chi connectivity index (χ4v) is 3.73. The Hall–Kier alpha value is -3.23. The molecule has 178 valence electrons. The van der Waals surface area contributed by atoms with Gasteiger partial charge in [0, 0.05) is 36.8 Å². The van der Waals surface area contributed by atoms with E-state index in [2.05, 4.69) is 20.0 Å². The van der Waals surface area contributed by atoms with E-state index < -0.39 is 41.1 Å². The first kappa shape index (κ1) is 24.4. The number of nitrogens with zero attached hydrogens (tertiary/aromatic N) is 5. The van der Waals surface area contributed by atoms with E-state index in [4.69, 9.17) is 0 Å². The maximum atomic E-state index is 13.2. The number of alkyl halides is 6. The first-order valence-corrected chi connectivity index (χ1v) is 10.4. The van der Waals surface area contributed by atoms with Crippen LogP contribution < -0.4 is 5.69 Å². The van der Waals surface area contributed by atoms with E-state index in [1.807, 2.05) is 0 Å². The summed E-state index contributed by atoms with van der Waals surface area (Å²) in [7, 11) is -0.674. The number of pyridine rings is 1. The highest BCUT2D eigenvalue weighted by Crippen LogP contribution is 2.30. The number of oxime groups is 1. The molecule has 0 aliphatic carbocycles. The number of rotatable bonds is 6. The molecule has 33 heavy (non-hydrogen) atoms. The molecule has 1 unspecified atom stereocenters. The Kier molecular flexibility index (Phi) is 6.63. The molecule has 0 aliphatic heterocycles. The van der Waals surface area contributed by atoms with Crippen molar-refractivity contribution in [2.45, 2.75) is 24.2 Å². The average molecular weight is 495 g/mol. The summed E-state index contributed by atoms with van der Waals surface area (Å²) in [6.07, 6.45) is -6.08. The minimum atomic E-state index is -4.79. The van der Waals surface area contributed by atoms with Gasteiger partial charge in [0.1, 0.15) is 22.7 Å². The predicted molar refractivity (Wildman–Crippen MR) is 105 cm³/mol. The second-order valence-corrected chi connectivity index (χ2v) is 8.30. The van der Waals surface area contributed by atoms with Crippen molar-refractivity contribution in [3.63, 3.8) is 0 Å². The van der Waals surface area contributed by atoms with Gasteiger partial charge in [0.2, 0.25) is 6.61 Å². The highest BCUT2D eigenvalue weighted by atomic mass is 32.2. The molecule has 0 spiro atoms. The summed E-state index contributed by atoms with van der Waals surface area (Å²) in [6, 6.07) is 2.02. The van der Waals surface area contributed by atoms with Crippen molar-refractivity contribution in [2.75, 3.05) is 12.4 Å². The smallest absolute Gasteiger partial charge is 0.386 e. The largest absolute Gasteiger partial charge is 0.431 e.